The predicted molar refractivity (Wildman–Crippen MR) is 141 cm³/mol. The zero-order chi connectivity index (χ0) is 25.3. The van der Waals surface area contributed by atoms with Gasteiger partial charge in [0, 0.05) is 30.8 Å². The van der Waals surface area contributed by atoms with E-state index >= 15 is 0 Å². The van der Waals surface area contributed by atoms with Crippen molar-refractivity contribution in [3.05, 3.63) is 113 Å². The van der Waals surface area contributed by atoms with Crippen molar-refractivity contribution in [2.45, 2.75) is 33.0 Å². The van der Waals surface area contributed by atoms with Crippen LogP contribution >= 0.6 is 0 Å². The number of ether oxygens (including phenoxy) is 3. The largest absolute Gasteiger partial charge is 0.497 e. The van der Waals surface area contributed by atoms with Crippen molar-refractivity contribution in [3.63, 3.8) is 0 Å². The average molecular weight is 485 g/mol. The Morgan fingerprint density at radius 3 is 2.36 bits per heavy atom. The monoisotopic (exact) mass is 484 g/mol. The Hall–Kier alpha value is -4.19. The Morgan fingerprint density at radius 2 is 1.69 bits per heavy atom. The normalized spacial score (nSPS) is 14.9. The van der Waals surface area contributed by atoms with Gasteiger partial charge in [0.25, 0.3) is 0 Å². The van der Waals surface area contributed by atoms with Crippen molar-refractivity contribution < 1.29 is 19.0 Å². The summed E-state index contributed by atoms with van der Waals surface area (Å²) in [5, 5.41) is 3.40. The summed E-state index contributed by atoms with van der Waals surface area (Å²) in [6.07, 6.45) is 4.39. The molecule has 186 valence electrons. The van der Waals surface area contributed by atoms with E-state index < -0.39 is 0 Å². The van der Waals surface area contributed by atoms with Crippen molar-refractivity contribution >= 4 is 12.2 Å². The van der Waals surface area contributed by atoms with Crippen LogP contribution in [-0.4, -0.2) is 24.6 Å². The van der Waals surface area contributed by atoms with Gasteiger partial charge in [0.2, 0.25) is 0 Å². The SMILES string of the molecule is CCN(Cc1ccc(/C=C\CC2=C(C)NC(c3ccccc3)O2)cc1)C(=O)Oc1ccc(OC)cc1. The van der Waals surface area contributed by atoms with Crippen LogP contribution in [0, 0.1) is 0 Å². The van der Waals surface area contributed by atoms with E-state index in [0.717, 1.165) is 28.1 Å². The second-order valence-electron chi connectivity index (χ2n) is 8.51. The van der Waals surface area contributed by atoms with E-state index in [1.807, 2.05) is 44.2 Å². The second kappa shape index (κ2) is 12.0. The van der Waals surface area contributed by atoms with Crippen LogP contribution in [0.5, 0.6) is 11.5 Å². The van der Waals surface area contributed by atoms with Gasteiger partial charge in [0.1, 0.15) is 17.3 Å². The molecule has 1 unspecified atom stereocenters. The van der Waals surface area contributed by atoms with Crippen LogP contribution in [0.1, 0.15) is 43.2 Å². The molecule has 0 aliphatic carbocycles. The van der Waals surface area contributed by atoms with E-state index in [1.54, 1.807) is 36.3 Å². The third-order valence-electron chi connectivity index (χ3n) is 6.00. The lowest BCUT2D eigenvalue weighted by molar-refractivity contribution is 0.126. The summed E-state index contributed by atoms with van der Waals surface area (Å²) in [6.45, 7) is 5.00. The van der Waals surface area contributed by atoms with Crippen molar-refractivity contribution in [2.24, 2.45) is 0 Å². The van der Waals surface area contributed by atoms with Crippen LogP contribution in [0.2, 0.25) is 0 Å². The summed E-state index contributed by atoms with van der Waals surface area (Å²) >= 11 is 0. The molecule has 6 heteroatoms. The van der Waals surface area contributed by atoms with Crippen LogP contribution in [0.3, 0.4) is 0 Å². The van der Waals surface area contributed by atoms with Crippen molar-refractivity contribution in [1.29, 1.82) is 0 Å². The molecular formula is C30H32N2O4. The summed E-state index contributed by atoms with van der Waals surface area (Å²) in [7, 11) is 1.60. The van der Waals surface area contributed by atoms with Gasteiger partial charge in [-0.25, -0.2) is 4.79 Å². The highest BCUT2D eigenvalue weighted by atomic mass is 16.6. The summed E-state index contributed by atoms with van der Waals surface area (Å²) < 4.78 is 16.8. The lowest BCUT2D eigenvalue weighted by Gasteiger charge is -2.20. The molecule has 4 rings (SSSR count). The first kappa shape index (κ1) is 24.9. The average Bonchev–Trinajstić information content (AvgIpc) is 3.29. The Bertz CT molecular complexity index is 1200. The number of benzene rings is 3. The van der Waals surface area contributed by atoms with Crippen molar-refractivity contribution in [3.8, 4) is 11.5 Å². The highest BCUT2D eigenvalue weighted by Crippen LogP contribution is 2.29. The van der Waals surface area contributed by atoms with Crippen molar-refractivity contribution in [2.75, 3.05) is 13.7 Å². The Labute approximate surface area is 212 Å². The fourth-order valence-corrected chi connectivity index (χ4v) is 3.89. The van der Waals surface area contributed by atoms with Gasteiger partial charge < -0.3 is 24.4 Å². The van der Waals surface area contributed by atoms with Crippen LogP contribution in [0.4, 0.5) is 4.79 Å². The summed E-state index contributed by atoms with van der Waals surface area (Å²) in [6, 6.07) is 25.3. The lowest BCUT2D eigenvalue weighted by Crippen LogP contribution is -2.32. The summed E-state index contributed by atoms with van der Waals surface area (Å²) in [5.74, 6) is 2.15. The number of methoxy groups -OCH3 is 1. The molecule has 1 N–H and O–H groups in total. The molecule has 0 radical (unpaired) electrons. The van der Waals surface area contributed by atoms with Gasteiger partial charge in [-0.05, 0) is 49.2 Å². The zero-order valence-corrected chi connectivity index (χ0v) is 20.9. The highest BCUT2D eigenvalue weighted by Gasteiger charge is 2.22. The quantitative estimate of drug-likeness (QED) is 0.368. The molecule has 0 bridgehead atoms. The van der Waals surface area contributed by atoms with Gasteiger partial charge in [-0.1, -0.05) is 66.7 Å². The maximum absolute atomic E-state index is 12.6. The highest BCUT2D eigenvalue weighted by molar-refractivity contribution is 5.70. The molecule has 0 saturated heterocycles. The molecule has 0 fully saturated rings. The third-order valence-corrected chi connectivity index (χ3v) is 6.00. The molecule has 1 aliphatic rings. The molecule has 1 heterocycles. The summed E-state index contributed by atoms with van der Waals surface area (Å²) in [5.41, 5.74) is 4.30. The molecule has 0 spiro atoms. The first-order valence-corrected chi connectivity index (χ1v) is 12.1. The van der Waals surface area contributed by atoms with E-state index in [2.05, 4.69) is 41.7 Å². The first-order valence-electron chi connectivity index (χ1n) is 12.1. The molecule has 6 nitrogen and oxygen atoms in total. The Balaban J connectivity index is 1.28. The van der Waals surface area contributed by atoms with Gasteiger partial charge in [0.15, 0.2) is 6.23 Å². The number of amides is 1. The maximum Gasteiger partial charge on any atom is 0.415 e. The van der Waals surface area contributed by atoms with Gasteiger partial charge in [-0.3, -0.25) is 0 Å². The number of carbonyl (C=O) groups is 1. The third kappa shape index (κ3) is 6.48. The number of nitrogens with one attached hydrogen (secondary N) is 1. The van der Waals surface area contributed by atoms with E-state index in [-0.39, 0.29) is 12.3 Å². The number of hydrogen-bond donors (Lipinski definition) is 1. The first-order chi connectivity index (χ1) is 17.6. The standard InChI is InChI=1S/C30H32N2O4/c1-4-32(30(33)35-27-19-17-26(34-3)18-20-27)21-24-15-13-23(14-16-24)9-8-12-28-22(2)31-29(36-28)25-10-6-5-7-11-25/h5-11,13-20,29,31H,4,12,21H2,1-3H3/b9-8-. The van der Waals surface area contributed by atoms with Gasteiger partial charge in [0.05, 0.1) is 7.11 Å². The minimum Gasteiger partial charge on any atom is -0.497 e. The Morgan fingerprint density at radius 1 is 1.00 bits per heavy atom. The fourth-order valence-electron chi connectivity index (χ4n) is 3.89. The second-order valence-corrected chi connectivity index (χ2v) is 8.51. The minimum absolute atomic E-state index is 0.133. The molecule has 36 heavy (non-hydrogen) atoms. The maximum atomic E-state index is 12.6. The molecule has 0 saturated carbocycles. The van der Waals surface area contributed by atoms with Crippen LogP contribution in [-0.2, 0) is 11.3 Å². The number of carbonyl (C=O) groups excluding carboxylic acids is 1. The van der Waals surface area contributed by atoms with Gasteiger partial charge in [-0.2, -0.15) is 0 Å². The number of nitrogens with zero attached hydrogens (tertiary/aromatic N) is 1. The van der Waals surface area contributed by atoms with Gasteiger partial charge in [-0.15, -0.1) is 0 Å². The van der Waals surface area contributed by atoms with Gasteiger partial charge >= 0.3 is 6.09 Å². The number of rotatable bonds is 9. The molecule has 3 aromatic carbocycles. The van der Waals surface area contributed by atoms with Crippen molar-refractivity contribution in [1.82, 2.24) is 10.2 Å². The molecule has 0 aromatic heterocycles. The number of allylic oxidation sites excluding steroid dienone is 2. The van der Waals surface area contributed by atoms with Crippen LogP contribution < -0.4 is 14.8 Å². The van der Waals surface area contributed by atoms with E-state index in [1.165, 1.54) is 0 Å². The van der Waals surface area contributed by atoms with E-state index in [0.29, 0.717) is 31.0 Å². The number of hydrogen-bond acceptors (Lipinski definition) is 5. The Kier molecular flexibility index (Phi) is 8.29. The van der Waals surface area contributed by atoms with E-state index in [9.17, 15) is 4.79 Å². The predicted octanol–water partition coefficient (Wildman–Crippen LogP) is 6.67. The lowest BCUT2D eigenvalue weighted by atomic mass is 10.1. The molecule has 1 amide bonds. The molecule has 3 aromatic rings. The smallest absolute Gasteiger partial charge is 0.415 e. The van der Waals surface area contributed by atoms with E-state index in [4.69, 9.17) is 14.2 Å². The zero-order valence-electron chi connectivity index (χ0n) is 20.9. The van der Waals surface area contributed by atoms with Crippen LogP contribution in [0.15, 0.2) is 96.4 Å². The molecule has 1 atom stereocenters. The fraction of sp³-hybridized carbons (Fsp3) is 0.233. The molecule has 1 aliphatic heterocycles. The van der Waals surface area contributed by atoms with Crippen LogP contribution in [0.25, 0.3) is 6.08 Å². The minimum atomic E-state index is -0.380. The topological polar surface area (TPSA) is 60.0 Å². The summed E-state index contributed by atoms with van der Waals surface area (Å²) in [4.78, 5) is 14.3. The molecular weight excluding hydrogens is 452 g/mol.